The van der Waals surface area contributed by atoms with Gasteiger partial charge < -0.3 is 0 Å². The van der Waals surface area contributed by atoms with Gasteiger partial charge in [-0.05, 0) is 62.3 Å². The van der Waals surface area contributed by atoms with E-state index in [1.54, 1.807) is 5.57 Å². The standard InChI is InChI=1S/C24H40/c1-8-22(9-2)18-21(5)20(4)14-10-11-16-24(6,7)23-15-12-13-19(3)17-23/h12-13,15,17-18,20,22H,8-11,14,16H2,1-7H3/b21-18-/t20-/m0/s1. The van der Waals surface area contributed by atoms with Crippen molar-refractivity contribution in [1.82, 2.24) is 0 Å². The van der Waals surface area contributed by atoms with E-state index in [1.807, 2.05) is 0 Å². The molecule has 0 spiro atoms. The molecule has 0 bridgehead atoms. The van der Waals surface area contributed by atoms with Gasteiger partial charge in [-0.1, -0.05) is 88.9 Å². The summed E-state index contributed by atoms with van der Waals surface area (Å²) < 4.78 is 0. The number of hydrogen-bond donors (Lipinski definition) is 0. The summed E-state index contributed by atoms with van der Waals surface area (Å²) in [5, 5.41) is 0. The van der Waals surface area contributed by atoms with Crippen LogP contribution < -0.4 is 0 Å². The highest BCUT2D eigenvalue weighted by Gasteiger charge is 2.20. The Labute approximate surface area is 151 Å². The number of aryl methyl sites for hydroxylation is 1. The number of unbranched alkanes of at least 4 members (excludes halogenated alkanes) is 1. The van der Waals surface area contributed by atoms with Crippen LogP contribution in [-0.2, 0) is 5.41 Å². The first-order valence-electron chi connectivity index (χ1n) is 10.1. The molecule has 1 atom stereocenters. The molecule has 0 aliphatic rings. The molecule has 0 amide bonds. The van der Waals surface area contributed by atoms with Gasteiger partial charge in [-0.3, -0.25) is 0 Å². The van der Waals surface area contributed by atoms with E-state index in [9.17, 15) is 0 Å². The van der Waals surface area contributed by atoms with Gasteiger partial charge in [-0.2, -0.15) is 0 Å². The lowest BCUT2D eigenvalue weighted by Gasteiger charge is -2.26. The van der Waals surface area contributed by atoms with Crippen molar-refractivity contribution in [2.24, 2.45) is 11.8 Å². The highest BCUT2D eigenvalue weighted by Crippen LogP contribution is 2.30. The van der Waals surface area contributed by atoms with Crippen LogP contribution in [0.1, 0.15) is 91.2 Å². The fourth-order valence-corrected chi connectivity index (χ4v) is 3.52. The van der Waals surface area contributed by atoms with Gasteiger partial charge >= 0.3 is 0 Å². The summed E-state index contributed by atoms with van der Waals surface area (Å²) in [6, 6.07) is 9.03. The van der Waals surface area contributed by atoms with Gasteiger partial charge in [0.15, 0.2) is 0 Å². The Morgan fingerprint density at radius 2 is 1.79 bits per heavy atom. The maximum absolute atomic E-state index is 2.53. The van der Waals surface area contributed by atoms with Crippen LogP contribution in [0, 0.1) is 18.8 Å². The second kappa shape index (κ2) is 10.1. The van der Waals surface area contributed by atoms with Crippen LogP contribution in [0.2, 0.25) is 0 Å². The molecule has 0 unspecified atom stereocenters. The quantitative estimate of drug-likeness (QED) is 0.303. The minimum absolute atomic E-state index is 0.287. The fraction of sp³-hybridized carbons (Fsp3) is 0.667. The molecule has 0 saturated heterocycles. The van der Waals surface area contributed by atoms with Crippen molar-refractivity contribution in [3.63, 3.8) is 0 Å². The summed E-state index contributed by atoms with van der Waals surface area (Å²) in [5.41, 5.74) is 4.74. The van der Waals surface area contributed by atoms with Crippen molar-refractivity contribution in [3.8, 4) is 0 Å². The second-order valence-electron chi connectivity index (χ2n) is 8.39. The lowest BCUT2D eigenvalue weighted by molar-refractivity contribution is 0.433. The number of hydrogen-bond acceptors (Lipinski definition) is 0. The monoisotopic (exact) mass is 328 g/mol. The van der Waals surface area contributed by atoms with Crippen LogP contribution in [0.3, 0.4) is 0 Å². The van der Waals surface area contributed by atoms with Crippen LogP contribution in [0.15, 0.2) is 35.9 Å². The Kier molecular flexibility index (Phi) is 8.81. The van der Waals surface area contributed by atoms with E-state index in [-0.39, 0.29) is 5.41 Å². The van der Waals surface area contributed by atoms with E-state index in [0.717, 1.165) is 11.8 Å². The zero-order valence-electron chi connectivity index (χ0n) is 17.3. The molecular weight excluding hydrogens is 288 g/mol. The lowest BCUT2D eigenvalue weighted by Crippen LogP contribution is -2.17. The lowest BCUT2D eigenvalue weighted by atomic mass is 9.79. The average molecular weight is 329 g/mol. The van der Waals surface area contributed by atoms with Gasteiger partial charge in [0.25, 0.3) is 0 Å². The van der Waals surface area contributed by atoms with Crippen molar-refractivity contribution in [2.75, 3.05) is 0 Å². The normalized spacial score (nSPS) is 14.2. The minimum Gasteiger partial charge on any atom is -0.0822 e. The van der Waals surface area contributed by atoms with E-state index in [2.05, 4.69) is 78.8 Å². The molecule has 1 rings (SSSR count). The molecule has 1 aromatic rings. The van der Waals surface area contributed by atoms with Gasteiger partial charge in [0, 0.05) is 0 Å². The van der Waals surface area contributed by atoms with Gasteiger partial charge in [-0.15, -0.1) is 0 Å². The van der Waals surface area contributed by atoms with E-state index in [4.69, 9.17) is 0 Å². The number of allylic oxidation sites excluding steroid dienone is 2. The van der Waals surface area contributed by atoms with Gasteiger partial charge in [0.05, 0.1) is 0 Å². The third kappa shape index (κ3) is 6.83. The zero-order valence-corrected chi connectivity index (χ0v) is 17.3. The molecule has 0 aliphatic heterocycles. The van der Waals surface area contributed by atoms with Crippen molar-refractivity contribution < 1.29 is 0 Å². The molecule has 0 nitrogen and oxygen atoms in total. The SMILES string of the molecule is CCC(/C=C(/C)[C@@H](C)CCCCC(C)(C)c1cccc(C)c1)CC. The summed E-state index contributed by atoms with van der Waals surface area (Å²) in [6.07, 6.45) is 10.3. The Morgan fingerprint density at radius 3 is 2.38 bits per heavy atom. The topological polar surface area (TPSA) is 0 Å². The highest BCUT2D eigenvalue weighted by atomic mass is 14.2. The van der Waals surface area contributed by atoms with Crippen molar-refractivity contribution in [2.45, 2.75) is 92.4 Å². The molecule has 0 fully saturated rings. The van der Waals surface area contributed by atoms with Crippen LogP contribution in [0.5, 0.6) is 0 Å². The Morgan fingerprint density at radius 1 is 1.12 bits per heavy atom. The van der Waals surface area contributed by atoms with E-state index >= 15 is 0 Å². The first kappa shape index (κ1) is 21.0. The van der Waals surface area contributed by atoms with Crippen LogP contribution in [-0.4, -0.2) is 0 Å². The average Bonchev–Trinajstić information content (AvgIpc) is 2.56. The zero-order chi connectivity index (χ0) is 18.2. The first-order chi connectivity index (χ1) is 11.3. The molecular formula is C24H40. The molecule has 0 saturated carbocycles. The first-order valence-corrected chi connectivity index (χ1v) is 10.1. The molecule has 1 aromatic carbocycles. The summed E-state index contributed by atoms with van der Waals surface area (Å²) >= 11 is 0. The third-order valence-corrected chi connectivity index (χ3v) is 5.81. The summed E-state index contributed by atoms with van der Waals surface area (Å²) in [7, 11) is 0. The van der Waals surface area contributed by atoms with Crippen molar-refractivity contribution in [3.05, 3.63) is 47.0 Å². The second-order valence-corrected chi connectivity index (χ2v) is 8.39. The largest absolute Gasteiger partial charge is 0.0822 e. The molecule has 0 aliphatic carbocycles. The van der Waals surface area contributed by atoms with Gasteiger partial charge in [-0.25, -0.2) is 0 Å². The van der Waals surface area contributed by atoms with Crippen molar-refractivity contribution in [1.29, 1.82) is 0 Å². The maximum Gasteiger partial charge on any atom is -0.0103 e. The molecule has 0 heteroatoms. The summed E-state index contributed by atoms with van der Waals surface area (Å²) in [4.78, 5) is 0. The smallest absolute Gasteiger partial charge is 0.0103 e. The molecule has 0 N–H and O–H groups in total. The van der Waals surface area contributed by atoms with Crippen LogP contribution >= 0.6 is 0 Å². The molecule has 0 radical (unpaired) electrons. The van der Waals surface area contributed by atoms with Gasteiger partial charge in [0.1, 0.15) is 0 Å². The number of benzene rings is 1. The third-order valence-electron chi connectivity index (χ3n) is 5.81. The molecule has 136 valence electrons. The highest BCUT2D eigenvalue weighted by molar-refractivity contribution is 5.28. The van der Waals surface area contributed by atoms with Gasteiger partial charge in [0.2, 0.25) is 0 Å². The molecule has 24 heavy (non-hydrogen) atoms. The predicted molar refractivity (Wildman–Crippen MR) is 110 cm³/mol. The van der Waals surface area contributed by atoms with E-state index in [0.29, 0.717) is 0 Å². The predicted octanol–water partition coefficient (Wildman–Crippen LogP) is 7.85. The fourth-order valence-electron chi connectivity index (χ4n) is 3.52. The molecule has 0 heterocycles. The summed E-state index contributed by atoms with van der Waals surface area (Å²) in [5.74, 6) is 1.50. The van der Waals surface area contributed by atoms with Crippen LogP contribution in [0.4, 0.5) is 0 Å². The van der Waals surface area contributed by atoms with Crippen molar-refractivity contribution >= 4 is 0 Å². The van der Waals surface area contributed by atoms with E-state index in [1.165, 1.54) is 49.7 Å². The Bertz CT molecular complexity index is 503. The van der Waals surface area contributed by atoms with E-state index < -0.39 is 0 Å². The number of rotatable bonds is 10. The maximum atomic E-state index is 2.53. The Hall–Kier alpha value is -1.04. The minimum atomic E-state index is 0.287. The molecule has 0 aromatic heterocycles. The Balaban J connectivity index is 2.44. The summed E-state index contributed by atoms with van der Waals surface area (Å²) in [6.45, 7) is 16.3. The van der Waals surface area contributed by atoms with Crippen LogP contribution in [0.25, 0.3) is 0 Å².